The minimum absolute atomic E-state index is 0.421. The Hall–Kier alpha value is -2.00. The third-order valence-electron chi connectivity index (χ3n) is 4.69. The van der Waals surface area contributed by atoms with Gasteiger partial charge in [0.1, 0.15) is 0 Å². The molecule has 2 aromatic rings. The zero-order chi connectivity index (χ0) is 18.2. The molecule has 3 rings (SSSR count). The van der Waals surface area contributed by atoms with Gasteiger partial charge in [0.05, 0.1) is 0 Å². The predicted molar refractivity (Wildman–Crippen MR) is 101 cm³/mol. The molecular formula is C17H29N7O2. The molecular weight excluding hydrogens is 334 g/mol. The average molecular weight is 363 g/mol. The number of nitrogens with one attached hydrogen (secondary N) is 1. The molecule has 2 aromatic heterocycles. The van der Waals surface area contributed by atoms with Crippen molar-refractivity contribution in [2.45, 2.75) is 32.1 Å². The van der Waals surface area contributed by atoms with Gasteiger partial charge < -0.3 is 19.9 Å². The smallest absolute Gasteiger partial charge is 0.245 e. The van der Waals surface area contributed by atoms with Gasteiger partial charge in [-0.2, -0.15) is 0 Å². The third-order valence-corrected chi connectivity index (χ3v) is 4.69. The van der Waals surface area contributed by atoms with Gasteiger partial charge in [0.2, 0.25) is 11.3 Å². The molecule has 0 atom stereocenters. The molecule has 0 unspecified atom stereocenters. The van der Waals surface area contributed by atoms with E-state index in [1.807, 2.05) is 7.05 Å². The van der Waals surface area contributed by atoms with Gasteiger partial charge in [0.25, 0.3) is 0 Å². The minimum Gasteiger partial charge on any atom is -0.385 e. The summed E-state index contributed by atoms with van der Waals surface area (Å²) < 4.78 is 9.86. The normalized spacial score (nSPS) is 15.5. The lowest BCUT2D eigenvalue weighted by atomic mass is 10.1. The molecule has 0 bridgehead atoms. The van der Waals surface area contributed by atoms with E-state index in [0.717, 1.165) is 38.3 Å². The predicted octanol–water partition coefficient (Wildman–Crippen LogP) is 1.77. The van der Waals surface area contributed by atoms with Crippen molar-refractivity contribution < 1.29 is 9.37 Å². The molecule has 0 aliphatic carbocycles. The molecule has 1 fully saturated rings. The summed E-state index contributed by atoms with van der Waals surface area (Å²) in [5, 5.41) is 11.0. The number of likely N-dealkylation sites (tertiary alicyclic amines) is 1. The van der Waals surface area contributed by atoms with Crippen LogP contribution in [-0.2, 0) is 4.74 Å². The molecule has 26 heavy (non-hydrogen) atoms. The van der Waals surface area contributed by atoms with E-state index in [0.29, 0.717) is 23.7 Å². The van der Waals surface area contributed by atoms with Crippen LogP contribution in [0.25, 0.3) is 11.3 Å². The highest BCUT2D eigenvalue weighted by Gasteiger charge is 2.16. The van der Waals surface area contributed by atoms with E-state index < -0.39 is 0 Å². The van der Waals surface area contributed by atoms with E-state index >= 15 is 0 Å². The van der Waals surface area contributed by atoms with Crippen molar-refractivity contribution >= 4 is 22.9 Å². The number of fused-ring (bicyclic) bond motifs is 1. The Bertz CT molecular complexity index is 672. The van der Waals surface area contributed by atoms with Gasteiger partial charge >= 0.3 is 0 Å². The molecule has 1 aliphatic heterocycles. The third kappa shape index (κ3) is 5.01. The van der Waals surface area contributed by atoms with Gasteiger partial charge in [0, 0.05) is 33.9 Å². The fourth-order valence-corrected chi connectivity index (χ4v) is 3.26. The topological polar surface area (TPSA) is 92.4 Å². The van der Waals surface area contributed by atoms with Gasteiger partial charge in [-0.25, -0.2) is 14.6 Å². The molecule has 0 aromatic carbocycles. The highest BCUT2D eigenvalue weighted by Crippen LogP contribution is 2.23. The maximum Gasteiger partial charge on any atom is 0.245 e. The van der Waals surface area contributed by atoms with Crippen LogP contribution in [0.2, 0.25) is 0 Å². The Kier molecular flexibility index (Phi) is 6.96. The molecule has 0 radical (unpaired) electrons. The number of anilines is 2. The number of nitrogens with zero attached hydrogens (tertiary/aromatic N) is 6. The largest absolute Gasteiger partial charge is 0.385 e. The van der Waals surface area contributed by atoms with E-state index in [4.69, 9.17) is 9.37 Å². The first-order valence-electron chi connectivity index (χ1n) is 9.44. The van der Waals surface area contributed by atoms with Crippen LogP contribution in [0.15, 0.2) is 4.63 Å². The van der Waals surface area contributed by atoms with Gasteiger partial charge in [0.15, 0.2) is 11.6 Å². The van der Waals surface area contributed by atoms with Crippen LogP contribution >= 0.6 is 0 Å². The Balaban J connectivity index is 1.61. The maximum absolute atomic E-state index is 5.10. The van der Waals surface area contributed by atoms with Crippen LogP contribution in [0.3, 0.4) is 0 Å². The first kappa shape index (κ1) is 18.8. The summed E-state index contributed by atoms with van der Waals surface area (Å²) in [4.78, 5) is 13.8. The molecule has 144 valence electrons. The standard InChI is InChI=1S/C17H29N7O2/c1-23(9-7-12-24-10-4-3-5-11-24)17-16(18-8-6-13-25-2)19-14-15(20-17)22-26-21-14/h3-13H2,1-2H3,(H,18,19,21). The average Bonchev–Trinajstić information content (AvgIpc) is 3.12. The molecule has 0 amide bonds. The second-order valence-corrected chi connectivity index (χ2v) is 6.76. The van der Waals surface area contributed by atoms with Crippen molar-refractivity contribution in [3.05, 3.63) is 0 Å². The van der Waals surface area contributed by atoms with Gasteiger partial charge in [-0.1, -0.05) is 6.42 Å². The molecule has 1 aliphatic rings. The van der Waals surface area contributed by atoms with Crippen LogP contribution in [0, 0.1) is 0 Å². The van der Waals surface area contributed by atoms with Crippen LogP contribution in [0.4, 0.5) is 11.6 Å². The number of piperidine rings is 1. The fraction of sp³-hybridized carbons (Fsp3) is 0.765. The highest BCUT2D eigenvalue weighted by molar-refractivity contribution is 5.73. The summed E-state index contributed by atoms with van der Waals surface area (Å²) in [6.07, 6.45) is 6.01. The number of rotatable bonds is 10. The minimum atomic E-state index is 0.421. The zero-order valence-corrected chi connectivity index (χ0v) is 15.8. The lowest BCUT2D eigenvalue weighted by Crippen LogP contribution is -2.33. The Morgan fingerprint density at radius 3 is 2.65 bits per heavy atom. The van der Waals surface area contributed by atoms with Crippen LogP contribution in [-0.4, -0.2) is 78.7 Å². The number of methoxy groups -OCH3 is 1. The highest BCUT2D eigenvalue weighted by atomic mass is 16.6. The summed E-state index contributed by atoms with van der Waals surface area (Å²) in [6.45, 7) is 5.96. The molecule has 0 spiro atoms. The van der Waals surface area contributed by atoms with Crippen molar-refractivity contribution in [3.63, 3.8) is 0 Å². The van der Waals surface area contributed by atoms with E-state index in [1.165, 1.54) is 32.4 Å². The SMILES string of the molecule is COCCCNc1nc2nonc2nc1N(C)CCCN1CCCCC1. The lowest BCUT2D eigenvalue weighted by Gasteiger charge is -2.27. The van der Waals surface area contributed by atoms with E-state index in [1.54, 1.807) is 7.11 Å². The Morgan fingerprint density at radius 2 is 1.88 bits per heavy atom. The zero-order valence-electron chi connectivity index (χ0n) is 15.8. The second-order valence-electron chi connectivity index (χ2n) is 6.76. The van der Waals surface area contributed by atoms with E-state index in [-0.39, 0.29) is 0 Å². The molecule has 1 saturated heterocycles. The van der Waals surface area contributed by atoms with Crippen molar-refractivity contribution in [2.75, 3.05) is 63.7 Å². The van der Waals surface area contributed by atoms with Crippen molar-refractivity contribution in [1.82, 2.24) is 25.2 Å². The number of ether oxygens (including phenoxy) is 1. The van der Waals surface area contributed by atoms with Crippen LogP contribution in [0.1, 0.15) is 32.1 Å². The van der Waals surface area contributed by atoms with Crippen LogP contribution < -0.4 is 10.2 Å². The van der Waals surface area contributed by atoms with Crippen molar-refractivity contribution in [3.8, 4) is 0 Å². The lowest BCUT2D eigenvalue weighted by molar-refractivity contribution is 0.198. The van der Waals surface area contributed by atoms with E-state index in [2.05, 4.69) is 35.4 Å². The molecule has 0 saturated carbocycles. The van der Waals surface area contributed by atoms with Gasteiger partial charge in [-0.3, -0.25) is 0 Å². The summed E-state index contributed by atoms with van der Waals surface area (Å²) in [7, 11) is 3.74. The summed E-state index contributed by atoms with van der Waals surface area (Å²) in [6, 6.07) is 0. The Morgan fingerprint density at radius 1 is 1.12 bits per heavy atom. The van der Waals surface area contributed by atoms with Crippen molar-refractivity contribution in [2.24, 2.45) is 0 Å². The summed E-state index contributed by atoms with van der Waals surface area (Å²) >= 11 is 0. The monoisotopic (exact) mass is 363 g/mol. The first-order valence-corrected chi connectivity index (χ1v) is 9.44. The molecule has 3 heterocycles. The number of aromatic nitrogens is 4. The molecule has 1 N–H and O–H groups in total. The van der Waals surface area contributed by atoms with E-state index in [9.17, 15) is 0 Å². The second kappa shape index (κ2) is 9.63. The molecule has 9 heteroatoms. The quantitative estimate of drug-likeness (QED) is 0.634. The Labute approximate surface area is 154 Å². The van der Waals surface area contributed by atoms with Gasteiger partial charge in [-0.15, -0.1) is 0 Å². The van der Waals surface area contributed by atoms with Gasteiger partial charge in [-0.05, 0) is 55.6 Å². The molecule has 9 nitrogen and oxygen atoms in total. The maximum atomic E-state index is 5.10. The summed E-state index contributed by atoms with van der Waals surface area (Å²) in [5.74, 6) is 1.49. The van der Waals surface area contributed by atoms with Crippen LogP contribution in [0.5, 0.6) is 0 Å². The number of hydrogen-bond acceptors (Lipinski definition) is 9. The first-order chi connectivity index (χ1) is 12.8. The number of hydrogen-bond donors (Lipinski definition) is 1. The fourth-order valence-electron chi connectivity index (χ4n) is 3.26. The van der Waals surface area contributed by atoms with Crippen molar-refractivity contribution in [1.29, 1.82) is 0 Å². The summed E-state index contributed by atoms with van der Waals surface area (Å²) in [5.41, 5.74) is 0.857.